The van der Waals surface area contributed by atoms with Gasteiger partial charge in [0.15, 0.2) is 0 Å². The van der Waals surface area contributed by atoms with E-state index in [9.17, 15) is 4.79 Å². The van der Waals surface area contributed by atoms with Crippen molar-refractivity contribution in [2.45, 2.75) is 51.5 Å². The lowest BCUT2D eigenvalue weighted by molar-refractivity contribution is -0.121. The van der Waals surface area contributed by atoms with Gasteiger partial charge in [0, 0.05) is 6.04 Å². The van der Waals surface area contributed by atoms with Crippen LogP contribution in [-0.2, 0) is 11.2 Å². The normalized spacial score (nSPS) is 16.1. The second-order valence-corrected chi connectivity index (χ2v) is 5.76. The van der Waals surface area contributed by atoms with Gasteiger partial charge in [-0.2, -0.15) is 0 Å². The average Bonchev–Trinajstić information content (AvgIpc) is 2.46. The maximum atomic E-state index is 11.8. The van der Waals surface area contributed by atoms with Crippen LogP contribution in [0.15, 0.2) is 24.3 Å². The molecule has 3 nitrogen and oxygen atoms in total. The first-order valence-electron chi connectivity index (χ1n) is 7.80. The van der Waals surface area contributed by atoms with E-state index < -0.39 is 0 Å². The molecule has 2 N–H and O–H groups in total. The van der Waals surface area contributed by atoms with Crippen molar-refractivity contribution in [3.8, 4) is 0 Å². The molecule has 1 aliphatic rings. The second kappa shape index (κ2) is 8.05. The van der Waals surface area contributed by atoms with Crippen LogP contribution in [0, 0.1) is 6.92 Å². The molecular formula is C17H26N2O. The van der Waals surface area contributed by atoms with Gasteiger partial charge in [0.1, 0.15) is 0 Å². The van der Waals surface area contributed by atoms with Gasteiger partial charge in [-0.15, -0.1) is 0 Å². The van der Waals surface area contributed by atoms with Crippen molar-refractivity contribution in [3.63, 3.8) is 0 Å². The summed E-state index contributed by atoms with van der Waals surface area (Å²) in [5.41, 5.74) is 2.67. The van der Waals surface area contributed by atoms with Gasteiger partial charge < -0.3 is 10.6 Å². The Balaban J connectivity index is 1.60. The number of benzene rings is 1. The van der Waals surface area contributed by atoms with Crippen LogP contribution in [0.1, 0.15) is 43.2 Å². The first-order valence-corrected chi connectivity index (χ1v) is 7.80. The summed E-state index contributed by atoms with van der Waals surface area (Å²) in [6.45, 7) is 3.41. The second-order valence-electron chi connectivity index (χ2n) is 5.76. The Morgan fingerprint density at radius 2 is 1.95 bits per heavy atom. The Labute approximate surface area is 122 Å². The summed E-state index contributed by atoms with van der Waals surface area (Å²) in [5, 5.41) is 6.37. The molecule has 1 aromatic rings. The number of carbonyl (C=O) groups excluding carboxylic acids is 1. The van der Waals surface area contributed by atoms with Crippen LogP contribution < -0.4 is 10.6 Å². The number of hydrogen-bond donors (Lipinski definition) is 2. The third-order valence-corrected chi connectivity index (χ3v) is 4.09. The van der Waals surface area contributed by atoms with E-state index in [4.69, 9.17) is 0 Å². The van der Waals surface area contributed by atoms with Gasteiger partial charge in [0.25, 0.3) is 0 Å². The molecule has 0 atom stereocenters. The molecule has 1 aliphatic carbocycles. The van der Waals surface area contributed by atoms with Gasteiger partial charge >= 0.3 is 0 Å². The molecule has 110 valence electrons. The minimum atomic E-state index is 0.140. The lowest BCUT2D eigenvalue weighted by Crippen LogP contribution is -2.41. The molecular weight excluding hydrogens is 248 g/mol. The average molecular weight is 274 g/mol. The van der Waals surface area contributed by atoms with Crippen molar-refractivity contribution in [2.75, 3.05) is 13.1 Å². The number of amides is 1. The summed E-state index contributed by atoms with van der Waals surface area (Å²) in [4.78, 5) is 11.8. The van der Waals surface area contributed by atoms with E-state index in [0.29, 0.717) is 12.6 Å². The third-order valence-electron chi connectivity index (χ3n) is 4.09. The minimum Gasteiger partial charge on any atom is -0.352 e. The zero-order chi connectivity index (χ0) is 14.2. The zero-order valence-corrected chi connectivity index (χ0v) is 12.5. The Morgan fingerprint density at radius 3 is 2.70 bits per heavy atom. The molecule has 1 saturated carbocycles. The van der Waals surface area contributed by atoms with Crippen LogP contribution in [-0.4, -0.2) is 25.0 Å². The Morgan fingerprint density at radius 1 is 1.20 bits per heavy atom. The van der Waals surface area contributed by atoms with Gasteiger partial charge in [0.2, 0.25) is 5.91 Å². The van der Waals surface area contributed by atoms with Crippen molar-refractivity contribution < 1.29 is 4.79 Å². The molecule has 0 bridgehead atoms. The van der Waals surface area contributed by atoms with Crippen molar-refractivity contribution in [3.05, 3.63) is 35.4 Å². The zero-order valence-electron chi connectivity index (χ0n) is 12.5. The molecule has 3 heteroatoms. The van der Waals surface area contributed by atoms with E-state index in [1.165, 1.54) is 30.4 Å². The van der Waals surface area contributed by atoms with E-state index in [2.05, 4.69) is 41.8 Å². The van der Waals surface area contributed by atoms with Gasteiger partial charge in [0.05, 0.1) is 6.54 Å². The maximum absolute atomic E-state index is 11.8. The molecule has 0 aromatic heterocycles. The molecule has 0 heterocycles. The highest BCUT2D eigenvalue weighted by atomic mass is 16.1. The lowest BCUT2D eigenvalue weighted by atomic mass is 9.95. The minimum absolute atomic E-state index is 0.140. The fourth-order valence-corrected chi connectivity index (χ4v) is 2.84. The number of aryl methyl sites for hydroxylation is 1. The number of hydrogen-bond acceptors (Lipinski definition) is 2. The van der Waals surface area contributed by atoms with E-state index in [1.807, 2.05) is 0 Å². The number of carbonyl (C=O) groups is 1. The van der Waals surface area contributed by atoms with E-state index in [-0.39, 0.29) is 5.91 Å². The predicted octanol–water partition coefficient (Wildman–Crippen LogP) is 2.58. The monoisotopic (exact) mass is 274 g/mol. The SMILES string of the molecule is Cc1ccccc1CCNCC(=O)NC1CCCCC1. The number of rotatable bonds is 6. The van der Waals surface area contributed by atoms with Gasteiger partial charge in [-0.25, -0.2) is 0 Å². The van der Waals surface area contributed by atoms with Crippen molar-refractivity contribution in [1.82, 2.24) is 10.6 Å². The van der Waals surface area contributed by atoms with Gasteiger partial charge in [-0.3, -0.25) is 4.79 Å². The summed E-state index contributed by atoms with van der Waals surface area (Å²) in [5.74, 6) is 0.140. The van der Waals surface area contributed by atoms with Crippen molar-refractivity contribution in [1.29, 1.82) is 0 Å². The molecule has 20 heavy (non-hydrogen) atoms. The maximum Gasteiger partial charge on any atom is 0.234 e. The fourth-order valence-electron chi connectivity index (χ4n) is 2.84. The highest BCUT2D eigenvalue weighted by molar-refractivity contribution is 5.78. The summed E-state index contributed by atoms with van der Waals surface area (Å²) in [6, 6.07) is 8.82. The Bertz CT molecular complexity index is 425. The van der Waals surface area contributed by atoms with Gasteiger partial charge in [-0.05, 0) is 43.9 Å². The summed E-state index contributed by atoms with van der Waals surface area (Å²) < 4.78 is 0. The molecule has 0 spiro atoms. The van der Waals surface area contributed by atoms with Crippen LogP contribution >= 0.6 is 0 Å². The van der Waals surface area contributed by atoms with E-state index >= 15 is 0 Å². The summed E-state index contributed by atoms with van der Waals surface area (Å²) >= 11 is 0. The fraction of sp³-hybridized carbons (Fsp3) is 0.588. The standard InChI is InChI=1S/C17H26N2O/c1-14-7-5-6-8-15(14)11-12-18-13-17(20)19-16-9-3-2-4-10-16/h5-8,16,18H,2-4,9-13H2,1H3,(H,19,20). The molecule has 2 rings (SSSR count). The first-order chi connectivity index (χ1) is 9.75. The smallest absolute Gasteiger partial charge is 0.234 e. The topological polar surface area (TPSA) is 41.1 Å². The third kappa shape index (κ3) is 4.97. The highest BCUT2D eigenvalue weighted by Gasteiger charge is 2.14. The molecule has 1 fully saturated rings. The summed E-state index contributed by atoms with van der Waals surface area (Å²) in [6.07, 6.45) is 7.10. The highest BCUT2D eigenvalue weighted by Crippen LogP contribution is 2.17. The van der Waals surface area contributed by atoms with E-state index in [0.717, 1.165) is 25.8 Å². The van der Waals surface area contributed by atoms with Gasteiger partial charge in [-0.1, -0.05) is 43.5 Å². The van der Waals surface area contributed by atoms with Crippen LogP contribution in [0.2, 0.25) is 0 Å². The molecule has 1 amide bonds. The molecule has 0 saturated heterocycles. The van der Waals surface area contributed by atoms with E-state index in [1.54, 1.807) is 0 Å². The quantitative estimate of drug-likeness (QED) is 0.783. The van der Waals surface area contributed by atoms with Crippen LogP contribution in [0.3, 0.4) is 0 Å². The van der Waals surface area contributed by atoms with Crippen LogP contribution in [0.4, 0.5) is 0 Å². The number of nitrogens with one attached hydrogen (secondary N) is 2. The van der Waals surface area contributed by atoms with Crippen LogP contribution in [0.5, 0.6) is 0 Å². The first kappa shape index (κ1) is 15.0. The molecule has 0 radical (unpaired) electrons. The molecule has 0 aliphatic heterocycles. The molecule has 1 aromatic carbocycles. The predicted molar refractivity (Wildman–Crippen MR) is 82.8 cm³/mol. The van der Waals surface area contributed by atoms with Crippen molar-refractivity contribution >= 4 is 5.91 Å². The molecule has 0 unspecified atom stereocenters. The Hall–Kier alpha value is -1.35. The van der Waals surface area contributed by atoms with Crippen molar-refractivity contribution in [2.24, 2.45) is 0 Å². The summed E-state index contributed by atoms with van der Waals surface area (Å²) in [7, 11) is 0. The Kier molecular flexibility index (Phi) is 6.06. The largest absolute Gasteiger partial charge is 0.352 e. The van der Waals surface area contributed by atoms with Crippen LogP contribution in [0.25, 0.3) is 0 Å². The lowest BCUT2D eigenvalue weighted by Gasteiger charge is -2.22.